The molecule has 3 N–H and O–H groups in total. The predicted octanol–water partition coefficient (Wildman–Crippen LogP) is 1.89. The van der Waals surface area contributed by atoms with Crippen molar-refractivity contribution in [1.82, 2.24) is 21.0 Å². The zero-order valence-corrected chi connectivity index (χ0v) is 13.3. The second kappa shape index (κ2) is 7.44. The second-order valence-electron chi connectivity index (χ2n) is 5.50. The van der Waals surface area contributed by atoms with Crippen molar-refractivity contribution in [3.63, 3.8) is 0 Å². The summed E-state index contributed by atoms with van der Waals surface area (Å²) in [5, 5.41) is 6.75. The quantitative estimate of drug-likeness (QED) is 0.734. The zero-order chi connectivity index (χ0) is 16.8. The summed E-state index contributed by atoms with van der Waals surface area (Å²) in [5.41, 5.74) is 6.48. The van der Waals surface area contributed by atoms with E-state index in [1.807, 2.05) is 38.1 Å². The lowest BCUT2D eigenvalue weighted by atomic mass is 10.1. The summed E-state index contributed by atoms with van der Waals surface area (Å²) in [6.07, 6.45) is 0.348. The third-order valence-corrected chi connectivity index (χ3v) is 3.12. The van der Waals surface area contributed by atoms with E-state index in [0.717, 1.165) is 11.3 Å². The maximum absolute atomic E-state index is 12.0. The van der Waals surface area contributed by atoms with Crippen LogP contribution in [0.4, 0.5) is 0 Å². The molecule has 0 aliphatic carbocycles. The molecule has 0 radical (unpaired) electrons. The fourth-order valence-corrected chi connectivity index (χ4v) is 1.96. The maximum atomic E-state index is 12.0. The van der Waals surface area contributed by atoms with Crippen LogP contribution in [0.2, 0.25) is 0 Å². The van der Waals surface area contributed by atoms with Gasteiger partial charge in [-0.3, -0.25) is 25.5 Å². The topological polar surface area (TPSA) is 96.1 Å². The molecule has 2 rings (SSSR count). The summed E-state index contributed by atoms with van der Waals surface area (Å²) in [4.78, 5) is 23.5. The van der Waals surface area contributed by atoms with Gasteiger partial charge in [-0.2, -0.15) is 5.10 Å². The van der Waals surface area contributed by atoms with Crippen molar-refractivity contribution < 1.29 is 14.3 Å². The number of rotatable bonds is 5. The number of aromatic amines is 1. The minimum absolute atomic E-state index is 0.223. The Bertz CT molecular complexity index is 677. The molecule has 0 atom stereocenters. The standard InChI is InChI=1S/C16H20N4O3/c1-10(2)8-15(21)19-20-16(22)14-9-13(17-18-14)11-4-6-12(23-3)7-5-11/h4-7,9-10H,8H2,1-3H3,(H,17,18)(H,19,21)(H,20,22). The summed E-state index contributed by atoms with van der Waals surface area (Å²) in [5.74, 6) is 0.286. The summed E-state index contributed by atoms with van der Waals surface area (Å²) in [7, 11) is 1.60. The lowest BCUT2D eigenvalue weighted by Gasteiger charge is -2.07. The van der Waals surface area contributed by atoms with Crippen molar-refractivity contribution in [3.8, 4) is 17.0 Å². The van der Waals surface area contributed by atoms with Gasteiger partial charge in [-0.05, 0) is 36.2 Å². The van der Waals surface area contributed by atoms with Gasteiger partial charge < -0.3 is 4.74 Å². The van der Waals surface area contributed by atoms with E-state index in [9.17, 15) is 9.59 Å². The van der Waals surface area contributed by atoms with Crippen LogP contribution in [-0.4, -0.2) is 29.1 Å². The Morgan fingerprint density at radius 3 is 2.52 bits per heavy atom. The van der Waals surface area contributed by atoms with Crippen molar-refractivity contribution in [2.45, 2.75) is 20.3 Å². The van der Waals surface area contributed by atoms with Gasteiger partial charge >= 0.3 is 0 Å². The first-order chi connectivity index (χ1) is 11.0. The summed E-state index contributed by atoms with van der Waals surface area (Å²) in [6, 6.07) is 8.94. The first kappa shape index (κ1) is 16.5. The number of carbonyl (C=O) groups is 2. The van der Waals surface area contributed by atoms with Crippen molar-refractivity contribution >= 4 is 11.8 Å². The number of hydrazine groups is 1. The summed E-state index contributed by atoms with van der Waals surface area (Å²) in [6.45, 7) is 3.86. The molecule has 7 heteroatoms. The van der Waals surface area contributed by atoms with E-state index >= 15 is 0 Å². The van der Waals surface area contributed by atoms with Crippen LogP contribution in [0.25, 0.3) is 11.3 Å². The van der Waals surface area contributed by atoms with Gasteiger partial charge in [0.15, 0.2) is 0 Å². The zero-order valence-electron chi connectivity index (χ0n) is 13.3. The van der Waals surface area contributed by atoms with Crippen LogP contribution in [0.1, 0.15) is 30.8 Å². The summed E-state index contributed by atoms with van der Waals surface area (Å²) < 4.78 is 5.10. The van der Waals surface area contributed by atoms with Crippen LogP contribution >= 0.6 is 0 Å². The molecular weight excluding hydrogens is 296 g/mol. The molecule has 7 nitrogen and oxygen atoms in total. The number of nitrogens with one attached hydrogen (secondary N) is 3. The number of nitrogens with zero attached hydrogens (tertiary/aromatic N) is 1. The lowest BCUT2D eigenvalue weighted by Crippen LogP contribution is -2.42. The maximum Gasteiger partial charge on any atom is 0.287 e. The minimum atomic E-state index is -0.450. The number of methoxy groups -OCH3 is 1. The Morgan fingerprint density at radius 2 is 1.91 bits per heavy atom. The highest BCUT2D eigenvalue weighted by atomic mass is 16.5. The fraction of sp³-hybridized carbons (Fsp3) is 0.312. The Hall–Kier alpha value is -2.83. The van der Waals surface area contributed by atoms with Crippen molar-refractivity contribution in [3.05, 3.63) is 36.0 Å². The lowest BCUT2D eigenvalue weighted by molar-refractivity contribution is -0.122. The van der Waals surface area contributed by atoms with Crippen LogP contribution in [0, 0.1) is 5.92 Å². The van der Waals surface area contributed by atoms with E-state index in [1.165, 1.54) is 0 Å². The number of hydrogen-bond acceptors (Lipinski definition) is 4. The number of carbonyl (C=O) groups excluding carboxylic acids is 2. The predicted molar refractivity (Wildman–Crippen MR) is 85.6 cm³/mol. The molecule has 1 aromatic heterocycles. The largest absolute Gasteiger partial charge is 0.497 e. The SMILES string of the molecule is COc1ccc(-c2cc(C(=O)NNC(=O)CC(C)C)[nH]n2)cc1. The van der Waals surface area contributed by atoms with E-state index < -0.39 is 5.91 Å². The van der Waals surface area contributed by atoms with E-state index in [4.69, 9.17) is 4.74 Å². The number of H-pyrrole nitrogens is 1. The highest BCUT2D eigenvalue weighted by Crippen LogP contribution is 2.20. The number of amides is 2. The number of benzene rings is 1. The third kappa shape index (κ3) is 4.57. The molecule has 23 heavy (non-hydrogen) atoms. The van der Waals surface area contributed by atoms with Crippen molar-refractivity contribution in [1.29, 1.82) is 0 Å². The minimum Gasteiger partial charge on any atom is -0.497 e. The summed E-state index contributed by atoms with van der Waals surface area (Å²) >= 11 is 0. The van der Waals surface area contributed by atoms with E-state index in [2.05, 4.69) is 21.0 Å². The highest BCUT2D eigenvalue weighted by molar-refractivity contribution is 5.94. The second-order valence-corrected chi connectivity index (χ2v) is 5.50. The molecule has 2 aromatic rings. The average molecular weight is 316 g/mol. The van der Waals surface area contributed by atoms with Crippen LogP contribution in [-0.2, 0) is 4.79 Å². The molecule has 2 amide bonds. The van der Waals surface area contributed by atoms with E-state index in [1.54, 1.807) is 13.2 Å². The van der Waals surface area contributed by atoms with Gasteiger partial charge in [-0.25, -0.2) is 0 Å². The molecule has 1 heterocycles. The molecule has 0 spiro atoms. The number of ether oxygens (including phenoxy) is 1. The molecule has 0 aliphatic rings. The van der Waals surface area contributed by atoms with Gasteiger partial charge in [0.1, 0.15) is 11.4 Å². The van der Waals surface area contributed by atoms with Gasteiger partial charge in [0.05, 0.1) is 12.8 Å². The molecule has 0 saturated carbocycles. The van der Waals surface area contributed by atoms with Gasteiger partial charge in [-0.1, -0.05) is 13.8 Å². The molecule has 1 aromatic carbocycles. The van der Waals surface area contributed by atoms with Gasteiger partial charge in [0, 0.05) is 12.0 Å². The fourth-order valence-electron chi connectivity index (χ4n) is 1.96. The Balaban J connectivity index is 1.97. The van der Waals surface area contributed by atoms with Gasteiger partial charge in [-0.15, -0.1) is 0 Å². The Labute approximate surface area is 134 Å². The monoisotopic (exact) mass is 316 g/mol. The molecule has 0 unspecified atom stereocenters. The molecule has 0 saturated heterocycles. The van der Waals surface area contributed by atoms with Crippen molar-refractivity contribution in [2.24, 2.45) is 5.92 Å². The van der Waals surface area contributed by atoms with Crippen LogP contribution < -0.4 is 15.6 Å². The number of hydrogen-bond donors (Lipinski definition) is 3. The van der Waals surface area contributed by atoms with E-state index in [0.29, 0.717) is 12.1 Å². The smallest absolute Gasteiger partial charge is 0.287 e. The first-order valence-electron chi connectivity index (χ1n) is 7.28. The highest BCUT2D eigenvalue weighted by Gasteiger charge is 2.12. The normalized spacial score (nSPS) is 10.4. The van der Waals surface area contributed by atoms with Gasteiger partial charge in [0.2, 0.25) is 5.91 Å². The molecule has 0 aliphatic heterocycles. The van der Waals surface area contributed by atoms with Crippen LogP contribution in [0.5, 0.6) is 5.75 Å². The molecular formula is C16H20N4O3. The Kier molecular flexibility index (Phi) is 5.35. The third-order valence-electron chi connectivity index (χ3n) is 3.12. The Morgan fingerprint density at radius 1 is 1.22 bits per heavy atom. The molecule has 122 valence electrons. The average Bonchev–Trinajstić information content (AvgIpc) is 3.02. The molecule has 0 fully saturated rings. The molecule has 0 bridgehead atoms. The van der Waals surface area contributed by atoms with Crippen LogP contribution in [0.15, 0.2) is 30.3 Å². The van der Waals surface area contributed by atoms with Crippen molar-refractivity contribution in [2.75, 3.05) is 7.11 Å². The first-order valence-corrected chi connectivity index (χ1v) is 7.28. The van der Waals surface area contributed by atoms with Gasteiger partial charge in [0.25, 0.3) is 5.91 Å². The number of aromatic nitrogens is 2. The van der Waals surface area contributed by atoms with E-state index in [-0.39, 0.29) is 17.5 Å². The van der Waals surface area contributed by atoms with Crippen LogP contribution in [0.3, 0.4) is 0 Å².